The van der Waals surface area contributed by atoms with Gasteiger partial charge >= 0.3 is 0 Å². The van der Waals surface area contributed by atoms with Crippen molar-refractivity contribution in [2.24, 2.45) is 0 Å². The van der Waals surface area contributed by atoms with E-state index in [-0.39, 0.29) is 5.22 Å². The van der Waals surface area contributed by atoms with Gasteiger partial charge in [-0.15, -0.1) is 0 Å². The summed E-state index contributed by atoms with van der Waals surface area (Å²) in [6.45, 7) is 0. The third-order valence-corrected chi connectivity index (χ3v) is 1.99. The molecule has 0 aliphatic carbocycles. The lowest BCUT2D eigenvalue weighted by atomic mass is 10.3. The molecular weight excluding hydrogens is 185 g/mol. The molecule has 0 aliphatic rings. The van der Waals surface area contributed by atoms with Crippen LogP contribution in [-0.2, 0) is 0 Å². The predicted molar refractivity (Wildman–Crippen MR) is 44.0 cm³/mol. The highest BCUT2D eigenvalue weighted by molar-refractivity contribution is 6.39. The number of rotatable bonds is 0. The van der Waals surface area contributed by atoms with E-state index in [9.17, 15) is 0 Å². The highest BCUT2D eigenvalue weighted by Crippen LogP contribution is 2.31. The molecule has 2 heterocycles. The van der Waals surface area contributed by atoms with Crippen molar-refractivity contribution in [2.45, 2.75) is 0 Å². The van der Waals surface area contributed by atoms with Gasteiger partial charge in [0, 0.05) is 17.8 Å². The van der Waals surface area contributed by atoms with Crippen LogP contribution in [0.25, 0.3) is 10.8 Å². The predicted octanol–water partition coefficient (Wildman–Crippen LogP) is 3.13. The number of hydrogen-bond donors (Lipinski definition) is 0. The average Bonchev–Trinajstić information content (AvgIpc) is 2.30. The molecule has 0 bridgehead atoms. The molecule has 2 aromatic rings. The Kier molecular flexibility index (Phi) is 1.51. The molecule has 0 unspecified atom stereocenters. The summed E-state index contributed by atoms with van der Waals surface area (Å²) in [5, 5.41) is 2.15. The minimum atomic E-state index is 0.290. The van der Waals surface area contributed by atoms with Crippen molar-refractivity contribution in [3.8, 4) is 0 Å². The summed E-state index contributed by atoms with van der Waals surface area (Å²) in [5.74, 6) is 0. The van der Waals surface area contributed by atoms with Crippen molar-refractivity contribution in [3.05, 3.63) is 28.9 Å². The standard InChI is InChI=1S/C7H3Cl2NO/c8-6-4-1-2-10-3-5(4)7(9)11-6/h1-3H. The Labute approximate surface area is 72.7 Å². The molecule has 2 rings (SSSR count). The molecule has 4 heteroatoms. The Hall–Kier alpha value is -0.730. The fourth-order valence-corrected chi connectivity index (χ4v) is 1.42. The van der Waals surface area contributed by atoms with Crippen LogP contribution in [0.2, 0.25) is 10.4 Å². The van der Waals surface area contributed by atoms with E-state index in [0.717, 1.165) is 10.8 Å². The number of aromatic nitrogens is 1. The quantitative estimate of drug-likeness (QED) is 0.634. The van der Waals surface area contributed by atoms with Crippen LogP contribution in [0.5, 0.6) is 0 Å². The van der Waals surface area contributed by atoms with Crippen LogP contribution >= 0.6 is 23.2 Å². The molecule has 0 aromatic carbocycles. The van der Waals surface area contributed by atoms with Crippen molar-refractivity contribution < 1.29 is 4.42 Å². The van der Waals surface area contributed by atoms with Gasteiger partial charge in [-0.25, -0.2) is 0 Å². The Morgan fingerprint density at radius 1 is 1.18 bits per heavy atom. The van der Waals surface area contributed by atoms with Gasteiger partial charge in [-0.2, -0.15) is 0 Å². The fourth-order valence-electron chi connectivity index (χ4n) is 0.911. The van der Waals surface area contributed by atoms with Crippen molar-refractivity contribution in [1.82, 2.24) is 4.98 Å². The third-order valence-electron chi connectivity index (χ3n) is 1.42. The second-order valence-electron chi connectivity index (χ2n) is 2.07. The number of furan rings is 1. The molecule has 2 aromatic heterocycles. The van der Waals surface area contributed by atoms with Crippen LogP contribution in [0.3, 0.4) is 0 Å². The minimum Gasteiger partial charge on any atom is -0.432 e. The van der Waals surface area contributed by atoms with Gasteiger partial charge < -0.3 is 4.42 Å². The zero-order chi connectivity index (χ0) is 7.84. The molecule has 0 amide bonds. The van der Waals surface area contributed by atoms with Crippen LogP contribution < -0.4 is 0 Å². The van der Waals surface area contributed by atoms with Gasteiger partial charge in [-0.05, 0) is 29.3 Å². The van der Waals surface area contributed by atoms with E-state index >= 15 is 0 Å². The van der Waals surface area contributed by atoms with Gasteiger partial charge in [0.25, 0.3) is 0 Å². The number of hydrogen-bond acceptors (Lipinski definition) is 2. The molecule has 0 fully saturated rings. The van der Waals surface area contributed by atoms with Gasteiger partial charge in [0.15, 0.2) is 0 Å². The number of pyridine rings is 1. The third kappa shape index (κ3) is 0.988. The van der Waals surface area contributed by atoms with Gasteiger partial charge in [-0.1, -0.05) is 0 Å². The van der Waals surface area contributed by atoms with E-state index in [0.29, 0.717) is 5.22 Å². The molecule has 0 saturated carbocycles. The first-order valence-electron chi connectivity index (χ1n) is 2.96. The second kappa shape index (κ2) is 2.40. The zero-order valence-electron chi connectivity index (χ0n) is 5.34. The van der Waals surface area contributed by atoms with Crippen molar-refractivity contribution >= 4 is 34.0 Å². The first-order chi connectivity index (χ1) is 5.29. The average molecular weight is 188 g/mol. The van der Waals surface area contributed by atoms with E-state index in [1.54, 1.807) is 18.5 Å². The van der Waals surface area contributed by atoms with E-state index in [1.807, 2.05) is 0 Å². The van der Waals surface area contributed by atoms with E-state index in [1.165, 1.54) is 0 Å². The van der Waals surface area contributed by atoms with Crippen LogP contribution in [0.15, 0.2) is 22.9 Å². The maximum Gasteiger partial charge on any atom is 0.204 e. The molecule has 0 atom stereocenters. The molecule has 0 radical (unpaired) electrons. The Morgan fingerprint density at radius 3 is 2.64 bits per heavy atom. The number of nitrogens with zero attached hydrogens (tertiary/aromatic N) is 1. The minimum absolute atomic E-state index is 0.290. The zero-order valence-corrected chi connectivity index (χ0v) is 6.86. The first-order valence-corrected chi connectivity index (χ1v) is 3.72. The SMILES string of the molecule is Clc1oc(Cl)c2cnccc12. The van der Waals surface area contributed by atoms with Crippen LogP contribution in [-0.4, -0.2) is 4.98 Å². The lowest BCUT2D eigenvalue weighted by molar-refractivity contribution is 0.576. The summed E-state index contributed by atoms with van der Waals surface area (Å²) >= 11 is 11.4. The van der Waals surface area contributed by atoms with Gasteiger partial charge in [0.2, 0.25) is 10.4 Å². The molecule has 56 valence electrons. The summed E-state index contributed by atoms with van der Waals surface area (Å²) < 4.78 is 4.96. The second-order valence-corrected chi connectivity index (χ2v) is 2.76. The summed E-state index contributed by atoms with van der Waals surface area (Å²) in [5.41, 5.74) is 0. The molecular formula is C7H3Cl2NO. The Bertz CT molecular complexity index is 360. The maximum absolute atomic E-state index is 5.70. The first kappa shape index (κ1) is 6.95. The van der Waals surface area contributed by atoms with E-state index in [2.05, 4.69) is 4.98 Å². The molecule has 0 spiro atoms. The topological polar surface area (TPSA) is 26.0 Å². The summed E-state index contributed by atoms with van der Waals surface area (Å²) in [6, 6.07) is 1.76. The summed E-state index contributed by atoms with van der Waals surface area (Å²) in [6.07, 6.45) is 3.26. The van der Waals surface area contributed by atoms with Crippen LogP contribution in [0, 0.1) is 0 Å². The van der Waals surface area contributed by atoms with Crippen molar-refractivity contribution in [1.29, 1.82) is 0 Å². The van der Waals surface area contributed by atoms with Crippen molar-refractivity contribution in [3.63, 3.8) is 0 Å². The largest absolute Gasteiger partial charge is 0.432 e. The van der Waals surface area contributed by atoms with E-state index in [4.69, 9.17) is 27.6 Å². The Balaban J connectivity index is 2.95. The Morgan fingerprint density at radius 2 is 1.91 bits per heavy atom. The van der Waals surface area contributed by atoms with Gasteiger partial charge in [0.05, 0.1) is 5.39 Å². The molecule has 0 saturated heterocycles. The lowest BCUT2D eigenvalue weighted by Crippen LogP contribution is -1.67. The van der Waals surface area contributed by atoms with Crippen LogP contribution in [0.1, 0.15) is 0 Å². The molecule has 0 aliphatic heterocycles. The normalized spacial score (nSPS) is 10.7. The highest BCUT2D eigenvalue weighted by Gasteiger charge is 2.07. The van der Waals surface area contributed by atoms with Crippen molar-refractivity contribution in [2.75, 3.05) is 0 Å². The highest BCUT2D eigenvalue weighted by atomic mass is 35.5. The number of halogens is 2. The molecule has 2 nitrogen and oxygen atoms in total. The van der Waals surface area contributed by atoms with Gasteiger partial charge in [0.1, 0.15) is 0 Å². The molecule has 11 heavy (non-hydrogen) atoms. The smallest absolute Gasteiger partial charge is 0.204 e. The number of fused-ring (bicyclic) bond motifs is 1. The summed E-state index contributed by atoms with van der Waals surface area (Å²) in [4.78, 5) is 3.88. The molecule has 0 N–H and O–H groups in total. The summed E-state index contributed by atoms with van der Waals surface area (Å²) in [7, 11) is 0. The maximum atomic E-state index is 5.70. The monoisotopic (exact) mass is 187 g/mol. The van der Waals surface area contributed by atoms with Crippen LogP contribution in [0.4, 0.5) is 0 Å². The lowest BCUT2D eigenvalue weighted by Gasteiger charge is -1.83. The fraction of sp³-hybridized carbons (Fsp3) is 0. The van der Waals surface area contributed by atoms with Gasteiger partial charge in [-0.3, -0.25) is 4.98 Å². The van der Waals surface area contributed by atoms with E-state index < -0.39 is 0 Å².